The molecule has 0 aromatic heterocycles. The molecule has 3 heteroatoms. The fourth-order valence-electron chi connectivity index (χ4n) is 7.47. The lowest BCUT2D eigenvalue weighted by Crippen LogP contribution is -2.75. The fourth-order valence-corrected chi connectivity index (χ4v) is 7.47. The van der Waals surface area contributed by atoms with Gasteiger partial charge in [0.15, 0.2) is 0 Å². The van der Waals surface area contributed by atoms with Crippen LogP contribution >= 0.6 is 0 Å². The number of rotatable bonds is 1. The second-order valence-electron chi connectivity index (χ2n) is 8.54. The van der Waals surface area contributed by atoms with E-state index in [1.54, 1.807) is 6.92 Å². The van der Waals surface area contributed by atoms with Crippen LogP contribution in [0.5, 0.6) is 5.75 Å². The van der Waals surface area contributed by atoms with Crippen molar-refractivity contribution in [3.05, 3.63) is 29.3 Å². The summed E-state index contributed by atoms with van der Waals surface area (Å²) >= 11 is 0. The van der Waals surface area contributed by atoms with Crippen molar-refractivity contribution < 1.29 is 9.53 Å². The number of ketones is 1. The summed E-state index contributed by atoms with van der Waals surface area (Å²) in [5.41, 5.74) is 3.46. The Morgan fingerprint density at radius 3 is 3.13 bits per heavy atom. The maximum atomic E-state index is 12.4. The first-order valence-corrected chi connectivity index (χ1v) is 9.20. The van der Waals surface area contributed by atoms with Crippen molar-refractivity contribution in [2.24, 2.45) is 17.3 Å². The Kier molecular flexibility index (Phi) is 2.16. The Labute approximate surface area is 136 Å². The van der Waals surface area contributed by atoms with Gasteiger partial charge in [0.05, 0.1) is 0 Å². The number of hydrogen-bond acceptors (Lipinski definition) is 3. The molecular formula is C20H23NO2. The van der Waals surface area contributed by atoms with E-state index >= 15 is 0 Å². The van der Waals surface area contributed by atoms with Gasteiger partial charge in [-0.2, -0.15) is 0 Å². The standard InChI is InChI=1S/C20H23NO2/c1-11(22)14-10-19-6-5-13(14)18-20(19)7-8-21-16(19)9-12-3-2-4-15(23-18)17(12)20/h2-4,13-14,16,18,21H,5-10H2,1H3/t13?,14?,16-,18+,19?,20+/m1/s1. The van der Waals surface area contributed by atoms with Crippen molar-refractivity contribution in [2.45, 2.75) is 56.6 Å². The molecule has 1 N–H and O–H groups in total. The number of carbonyl (C=O) groups is 1. The van der Waals surface area contributed by atoms with E-state index in [1.807, 2.05) is 0 Å². The van der Waals surface area contributed by atoms with Crippen LogP contribution in [0.3, 0.4) is 0 Å². The van der Waals surface area contributed by atoms with E-state index in [2.05, 4.69) is 23.5 Å². The molecule has 6 aliphatic rings. The van der Waals surface area contributed by atoms with Crippen molar-refractivity contribution >= 4 is 5.78 Å². The Bertz CT molecular complexity index is 743. The van der Waals surface area contributed by atoms with E-state index in [0.29, 0.717) is 17.7 Å². The third-order valence-corrected chi connectivity index (χ3v) is 8.12. The number of carbonyl (C=O) groups excluding carboxylic acids is 1. The third kappa shape index (κ3) is 1.19. The summed E-state index contributed by atoms with van der Waals surface area (Å²) in [7, 11) is 0. The first-order chi connectivity index (χ1) is 11.2. The van der Waals surface area contributed by atoms with Crippen LogP contribution in [0.25, 0.3) is 0 Å². The molecule has 0 radical (unpaired) electrons. The molecule has 1 saturated heterocycles. The number of fused-ring (bicyclic) bond motifs is 2. The lowest BCUT2D eigenvalue weighted by Gasteiger charge is -2.69. The van der Waals surface area contributed by atoms with Crippen LogP contribution in [0, 0.1) is 17.3 Å². The molecule has 3 saturated carbocycles. The number of ether oxygens (including phenoxy) is 1. The highest BCUT2D eigenvalue weighted by atomic mass is 16.5. The van der Waals surface area contributed by atoms with Gasteiger partial charge in [0.1, 0.15) is 17.6 Å². The number of Topliss-reactive ketones (excluding diaryl/α,β-unsaturated/α-hetero) is 1. The maximum Gasteiger partial charge on any atom is 0.133 e. The Balaban J connectivity index is 1.67. The zero-order chi connectivity index (χ0) is 15.4. The summed E-state index contributed by atoms with van der Waals surface area (Å²) in [6.45, 7) is 2.89. The van der Waals surface area contributed by atoms with E-state index in [9.17, 15) is 4.79 Å². The SMILES string of the molecule is CC(=O)C1CC23CCC1[C@@H]1Oc4cccc5c4[C@@]12CCN[C@@H]3C5. The van der Waals surface area contributed by atoms with Gasteiger partial charge in [0, 0.05) is 34.3 Å². The molecule has 4 fully saturated rings. The lowest BCUT2D eigenvalue weighted by molar-refractivity contribution is -0.176. The zero-order valence-corrected chi connectivity index (χ0v) is 13.6. The van der Waals surface area contributed by atoms with Crippen LogP contribution in [0.2, 0.25) is 0 Å². The van der Waals surface area contributed by atoms with Gasteiger partial charge >= 0.3 is 0 Å². The van der Waals surface area contributed by atoms with Gasteiger partial charge in [-0.05, 0) is 57.2 Å². The summed E-state index contributed by atoms with van der Waals surface area (Å²) in [5, 5.41) is 3.84. The van der Waals surface area contributed by atoms with E-state index in [0.717, 1.165) is 31.6 Å². The molecule has 3 nitrogen and oxygen atoms in total. The van der Waals surface area contributed by atoms with Crippen molar-refractivity contribution in [3.8, 4) is 5.75 Å². The second kappa shape index (κ2) is 3.83. The van der Waals surface area contributed by atoms with Gasteiger partial charge in [0.2, 0.25) is 0 Å². The largest absolute Gasteiger partial charge is 0.489 e. The summed E-state index contributed by atoms with van der Waals surface area (Å²) in [5.74, 6) is 2.15. The predicted octanol–water partition coefficient (Wildman–Crippen LogP) is 2.61. The fraction of sp³-hybridized carbons (Fsp3) is 0.650. The molecule has 23 heavy (non-hydrogen) atoms. The normalized spacial score (nSPS) is 47.9. The van der Waals surface area contributed by atoms with Gasteiger partial charge in [-0.3, -0.25) is 4.79 Å². The molecule has 1 aromatic carbocycles. The van der Waals surface area contributed by atoms with E-state index < -0.39 is 0 Å². The smallest absolute Gasteiger partial charge is 0.133 e. The van der Waals surface area contributed by atoms with Crippen molar-refractivity contribution in [3.63, 3.8) is 0 Å². The molecular weight excluding hydrogens is 286 g/mol. The van der Waals surface area contributed by atoms with Crippen LogP contribution < -0.4 is 10.1 Å². The van der Waals surface area contributed by atoms with Crippen LogP contribution in [0.4, 0.5) is 0 Å². The van der Waals surface area contributed by atoms with Crippen LogP contribution in [0.15, 0.2) is 18.2 Å². The number of nitrogens with one attached hydrogen (secondary N) is 1. The van der Waals surface area contributed by atoms with Gasteiger partial charge in [-0.15, -0.1) is 0 Å². The third-order valence-electron chi connectivity index (χ3n) is 8.12. The highest BCUT2D eigenvalue weighted by molar-refractivity contribution is 5.80. The van der Waals surface area contributed by atoms with Crippen LogP contribution in [-0.4, -0.2) is 24.5 Å². The minimum atomic E-state index is 0.182. The molecule has 3 unspecified atom stereocenters. The summed E-state index contributed by atoms with van der Waals surface area (Å²) in [4.78, 5) is 12.4. The lowest BCUT2D eigenvalue weighted by atomic mass is 9.36. The number of hydrogen-bond donors (Lipinski definition) is 1. The highest BCUT2D eigenvalue weighted by Crippen LogP contribution is 2.73. The molecule has 7 rings (SSSR count). The number of piperidine rings is 1. The molecule has 0 amide bonds. The zero-order valence-electron chi connectivity index (χ0n) is 13.6. The van der Waals surface area contributed by atoms with Crippen molar-refractivity contribution in [1.29, 1.82) is 0 Å². The second-order valence-corrected chi connectivity index (χ2v) is 8.54. The van der Waals surface area contributed by atoms with Crippen molar-refractivity contribution in [2.75, 3.05) is 6.54 Å². The van der Waals surface area contributed by atoms with E-state index in [-0.39, 0.29) is 22.9 Å². The summed E-state index contributed by atoms with van der Waals surface area (Å²) < 4.78 is 6.61. The number of benzene rings is 1. The first kappa shape index (κ1) is 13.0. The minimum Gasteiger partial charge on any atom is -0.489 e. The van der Waals surface area contributed by atoms with E-state index in [1.165, 1.54) is 24.0 Å². The summed E-state index contributed by atoms with van der Waals surface area (Å²) in [6.07, 6.45) is 6.04. The molecule has 2 heterocycles. The maximum absolute atomic E-state index is 12.4. The first-order valence-electron chi connectivity index (χ1n) is 9.20. The topological polar surface area (TPSA) is 38.3 Å². The molecule has 2 spiro atoms. The Morgan fingerprint density at radius 2 is 2.26 bits per heavy atom. The molecule has 4 bridgehead atoms. The Morgan fingerprint density at radius 1 is 1.35 bits per heavy atom. The van der Waals surface area contributed by atoms with Gasteiger partial charge in [-0.1, -0.05) is 12.1 Å². The van der Waals surface area contributed by atoms with Crippen LogP contribution in [-0.2, 0) is 16.6 Å². The minimum absolute atomic E-state index is 0.182. The van der Waals surface area contributed by atoms with Gasteiger partial charge in [-0.25, -0.2) is 0 Å². The monoisotopic (exact) mass is 309 g/mol. The van der Waals surface area contributed by atoms with Gasteiger partial charge in [0.25, 0.3) is 0 Å². The van der Waals surface area contributed by atoms with E-state index in [4.69, 9.17) is 4.74 Å². The Hall–Kier alpha value is -1.35. The average molecular weight is 309 g/mol. The molecule has 2 aliphatic heterocycles. The molecule has 120 valence electrons. The van der Waals surface area contributed by atoms with Gasteiger partial charge < -0.3 is 10.1 Å². The van der Waals surface area contributed by atoms with Crippen LogP contribution in [0.1, 0.15) is 43.7 Å². The molecule has 1 aromatic rings. The summed E-state index contributed by atoms with van der Waals surface area (Å²) in [6, 6.07) is 7.15. The quantitative estimate of drug-likeness (QED) is 0.866. The predicted molar refractivity (Wildman–Crippen MR) is 86.6 cm³/mol. The highest BCUT2D eigenvalue weighted by Gasteiger charge is 2.75. The average Bonchev–Trinajstić information content (AvgIpc) is 2.89. The molecule has 4 aliphatic carbocycles. The van der Waals surface area contributed by atoms with Crippen molar-refractivity contribution in [1.82, 2.24) is 5.32 Å². The molecule has 6 atom stereocenters.